The zero-order valence-corrected chi connectivity index (χ0v) is 13.5. The van der Waals surface area contributed by atoms with Crippen molar-refractivity contribution in [3.05, 3.63) is 28.5 Å². The van der Waals surface area contributed by atoms with Gasteiger partial charge in [0.15, 0.2) is 0 Å². The second-order valence-corrected chi connectivity index (χ2v) is 5.85. The fourth-order valence-electron chi connectivity index (χ4n) is 2.36. The van der Waals surface area contributed by atoms with Crippen molar-refractivity contribution in [2.45, 2.75) is 46.2 Å². The summed E-state index contributed by atoms with van der Waals surface area (Å²) in [6, 6.07) is 6.62. The molecule has 4 heteroatoms. The van der Waals surface area contributed by atoms with Crippen LogP contribution in [-0.4, -0.2) is 16.1 Å². The summed E-state index contributed by atoms with van der Waals surface area (Å²) < 4.78 is 3.43. The molecule has 0 saturated carbocycles. The third-order valence-electron chi connectivity index (χ3n) is 3.27. The van der Waals surface area contributed by atoms with E-state index in [4.69, 9.17) is 4.98 Å². The monoisotopic (exact) mass is 323 g/mol. The number of hydrogen-bond donors (Lipinski definition) is 1. The molecule has 104 valence electrons. The maximum absolute atomic E-state index is 4.82. The van der Waals surface area contributed by atoms with E-state index in [1.165, 1.54) is 5.52 Å². The summed E-state index contributed by atoms with van der Waals surface area (Å²) in [5.74, 6) is 1.14. The molecule has 0 aliphatic rings. The van der Waals surface area contributed by atoms with Gasteiger partial charge in [0.1, 0.15) is 5.82 Å². The molecule has 1 aromatic heterocycles. The number of nitrogens with zero attached hydrogens (tertiary/aromatic N) is 2. The van der Waals surface area contributed by atoms with Gasteiger partial charge in [0.25, 0.3) is 0 Å². The molecule has 2 aromatic rings. The van der Waals surface area contributed by atoms with Gasteiger partial charge in [0.05, 0.1) is 17.1 Å². The molecule has 0 bridgehead atoms. The van der Waals surface area contributed by atoms with Gasteiger partial charge in [0, 0.05) is 11.0 Å². The molecule has 0 radical (unpaired) electrons. The minimum absolute atomic E-state index is 0.290. The van der Waals surface area contributed by atoms with E-state index >= 15 is 0 Å². The molecule has 0 spiro atoms. The Morgan fingerprint density at radius 2 is 2.11 bits per heavy atom. The molecule has 1 heterocycles. The van der Waals surface area contributed by atoms with Crippen molar-refractivity contribution in [2.75, 3.05) is 6.54 Å². The van der Waals surface area contributed by atoms with Crippen LogP contribution in [0.2, 0.25) is 0 Å². The Labute approximate surface area is 123 Å². The van der Waals surface area contributed by atoms with Crippen LogP contribution in [-0.2, 0) is 6.54 Å². The second-order valence-electron chi connectivity index (χ2n) is 4.93. The highest BCUT2D eigenvalue weighted by molar-refractivity contribution is 9.10. The number of imidazole rings is 1. The Hall–Kier alpha value is -0.870. The van der Waals surface area contributed by atoms with Crippen LogP contribution in [0.4, 0.5) is 0 Å². The van der Waals surface area contributed by atoms with Gasteiger partial charge in [-0.2, -0.15) is 0 Å². The first-order valence-corrected chi connectivity index (χ1v) is 7.85. The van der Waals surface area contributed by atoms with Gasteiger partial charge in [-0.1, -0.05) is 29.8 Å². The molecule has 1 N–H and O–H groups in total. The summed E-state index contributed by atoms with van der Waals surface area (Å²) in [7, 11) is 0. The lowest BCUT2D eigenvalue weighted by atomic mass is 10.3. The first kappa shape index (κ1) is 14.5. The molecule has 1 aromatic carbocycles. The van der Waals surface area contributed by atoms with Gasteiger partial charge in [-0.3, -0.25) is 0 Å². The van der Waals surface area contributed by atoms with E-state index in [-0.39, 0.29) is 6.04 Å². The molecular weight excluding hydrogens is 302 g/mol. The zero-order valence-electron chi connectivity index (χ0n) is 11.9. The predicted molar refractivity (Wildman–Crippen MR) is 84.4 cm³/mol. The number of benzene rings is 1. The summed E-state index contributed by atoms with van der Waals surface area (Å²) >= 11 is 3.52. The smallest absolute Gasteiger partial charge is 0.126 e. The van der Waals surface area contributed by atoms with Gasteiger partial charge in [0.2, 0.25) is 0 Å². The number of aryl methyl sites for hydroxylation is 1. The van der Waals surface area contributed by atoms with E-state index in [1.54, 1.807) is 0 Å². The quantitative estimate of drug-likeness (QED) is 0.860. The van der Waals surface area contributed by atoms with Gasteiger partial charge in [-0.25, -0.2) is 4.98 Å². The Balaban J connectivity index is 2.43. The molecule has 2 rings (SSSR count). The molecule has 1 unspecified atom stereocenters. The average Bonchev–Trinajstić information content (AvgIpc) is 2.74. The van der Waals surface area contributed by atoms with Gasteiger partial charge in [-0.05, 0) is 44.5 Å². The molecule has 0 fully saturated rings. The van der Waals surface area contributed by atoms with Crippen LogP contribution in [0, 0.1) is 0 Å². The zero-order chi connectivity index (χ0) is 13.8. The third kappa shape index (κ3) is 3.18. The second kappa shape index (κ2) is 6.53. The van der Waals surface area contributed by atoms with Crippen LogP contribution >= 0.6 is 15.9 Å². The maximum atomic E-state index is 4.82. The van der Waals surface area contributed by atoms with Crippen LogP contribution in [0.25, 0.3) is 11.0 Å². The highest BCUT2D eigenvalue weighted by Crippen LogP contribution is 2.24. The number of halogens is 1. The number of hydrogen-bond acceptors (Lipinski definition) is 2. The number of nitrogens with one attached hydrogen (secondary N) is 1. The molecule has 0 aliphatic carbocycles. The predicted octanol–water partition coefficient (Wildman–Crippen LogP) is 4.27. The summed E-state index contributed by atoms with van der Waals surface area (Å²) in [6.45, 7) is 8.63. The lowest BCUT2D eigenvalue weighted by molar-refractivity contribution is 0.513. The maximum Gasteiger partial charge on any atom is 0.126 e. The summed E-state index contributed by atoms with van der Waals surface area (Å²) in [5.41, 5.74) is 2.30. The summed E-state index contributed by atoms with van der Waals surface area (Å²) in [4.78, 5) is 4.82. The molecule has 0 saturated heterocycles. The van der Waals surface area contributed by atoms with Crippen LogP contribution in [0.15, 0.2) is 22.7 Å². The lowest BCUT2D eigenvalue weighted by Crippen LogP contribution is -2.22. The van der Waals surface area contributed by atoms with E-state index in [9.17, 15) is 0 Å². The molecule has 0 amide bonds. The van der Waals surface area contributed by atoms with Crippen molar-refractivity contribution in [3.63, 3.8) is 0 Å². The standard InChI is InChI=1S/C15H22BrN3/c1-4-8-17-11(3)15-18-13-10-12(16)6-7-14(13)19(15)9-5-2/h6-7,10-11,17H,4-5,8-9H2,1-3H3. The van der Waals surface area contributed by atoms with Crippen molar-refractivity contribution < 1.29 is 0 Å². The van der Waals surface area contributed by atoms with Crippen molar-refractivity contribution in [2.24, 2.45) is 0 Å². The summed E-state index contributed by atoms with van der Waals surface area (Å²) in [6.07, 6.45) is 2.26. The molecule has 1 atom stereocenters. The first-order valence-electron chi connectivity index (χ1n) is 7.06. The first-order chi connectivity index (χ1) is 9.17. The van der Waals surface area contributed by atoms with E-state index in [0.717, 1.165) is 41.7 Å². The molecule has 0 aliphatic heterocycles. The van der Waals surface area contributed by atoms with Crippen molar-refractivity contribution in [1.82, 2.24) is 14.9 Å². The lowest BCUT2D eigenvalue weighted by Gasteiger charge is -2.15. The minimum atomic E-state index is 0.290. The highest BCUT2D eigenvalue weighted by Gasteiger charge is 2.15. The highest BCUT2D eigenvalue weighted by atomic mass is 79.9. The van der Waals surface area contributed by atoms with E-state index in [1.807, 2.05) is 0 Å². The van der Waals surface area contributed by atoms with Crippen LogP contribution in [0.5, 0.6) is 0 Å². The van der Waals surface area contributed by atoms with Gasteiger partial charge in [-0.15, -0.1) is 0 Å². The molecule has 3 nitrogen and oxygen atoms in total. The van der Waals surface area contributed by atoms with Crippen LogP contribution in [0.3, 0.4) is 0 Å². The van der Waals surface area contributed by atoms with Crippen LogP contribution < -0.4 is 5.32 Å². The fourth-order valence-corrected chi connectivity index (χ4v) is 2.71. The van der Waals surface area contributed by atoms with Crippen LogP contribution in [0.1, 0.15) is 45.5 Å². The Bertz CT molecular complexity index is 548. The van der Waals surface area contributed by atoms with Gasteiger partial charge < -0.3 is 9.88 Å². The summed E-state index contributed by atoms with van der Waals surface area (Å²) in [5, 5.41) is 3.53. The fraction of sp³-hybridized carbons (Fsp3) is 0.533. The minimum Gasteiger partial charge on any atom is -0.327 e. The normalized spacial score (nSPS) is 13.1. The molecule has 19 heavy (non-hydrogen) atoms. The van der Waals surface area contributed by atoms with Crippen molar-refractivity contribution in [3.8, 4) is 0 Å². The average molecular weight is 324 g/mol. The van der Waals surface area contributed by atoms with E-state index < -0.39 is 0 Å². The largest absolute Gasteiger partial charge is 0.327 e. The SMILES string of the molecule is CCCNC(C)c1nc2cc(Br)ccc2n1CCC. The third-order valence-corrected chi connectivity index (χ3v) is 3.77. The topological polar surface area (TPSA) is 29.9 Å². The van der Waals surface area contributed by atoms with E-state index in [0.29, 0.717) is 0 Å². The number of aromatic nitrogens is 2. The van der Waals surface area contributed by atoms with Crippen molar-refractivity contribution >= 4 is 27.0 Å². The Morgan fingerprint density at radius 1 is 1.32 bits per heavy atom. The van der Waals surface area contributed by atoms with E-state index in [2.05, 4.69) is 64.8 Å². The van der Waals surface area contributed by atoms with Crippen molar-refractivity contribution in [1.29, 1.82) is 0 Å². The van der Waals surface area contributed by atoms with Gasteiger partial charge >= 0.3 is 0 Å². The Morgan fingerprint density at radius 3 is 2.79 bits per heavy atom. The number of fused-ring (bicyclic) bond motifs is 1. The Kier molecular flexibility index (Phi) is 4.99. The molecular formula is C15H22BrN3. The number of rotatable bonds is 6.